The SMILES string of the molecule is O=CCCCN1CCN(c2ccc(C#Cc3ccc(C4CCN(C5=Nn6c(nnc6C(F)(F)F)CC5)CC4)cc3)cn2)CC1. The Morgan fingerprint density at radius 2 is 1.59 bits per heavy atom. The standard InChI is InChI=1S/C32H35F3N8O/c33-32(34,35)31-38-37-29-11-12-30(39-43(29)31)41-16-13-27(14-17-41)26-8-5-24(6-9-26)3-4-25-7-10-28(36-23-25)42-20-18-40(19-21-42)15-1-2-22-44/h5-10,22-23,27H,1-2,11-21H2. The highest BCUT2D eigenvalue weighted by atomic mass is 19.4. The minimum Gasteiger partial charge on any atom is -0.359 e. The lowest BCUT2D eigenvalue weighted by Crippen LogP contribution is -2.46. The molecular weight excluding hydrogens is 569 g/mol. The number of unbranched alkanes of at least 4 members (excludes halogenated alkanes) is 1. The van der Waals surface area contributed by atoms with Crippen LogP contribution in [0.1, 0.15) is 66.4 Å². The Balaban J connectivity index is 0.997. The minimum atomic E-state index is -4.58. The van der Waals surface area contributed by atoms with Crippen molar-refractivity contribution < 1.29 is 18.0 Å². The summed E-state index contributed by atoms with van der Waals surface area (Å²) in [5, 5.41) is 11.3. The Labute approximate surface area is 254 Å². The number of amidine groups is 1. The number of piperidine rings is 1. The molecule has 2 aromatic heterocycles. The van der Waals surface area contributed by atoms with Crippen molar-refractivity contribution in [1.82, 2.24) is 29.7 Å². The number of halogens is 3. The summed E-state index contributed by atoms with van der Waals surface area (Å²) in [4.78, 5) is 22.0. The molecule has 1 aromatic carbocycles. The van der Waals surface area contributed by atoms with Crippen molar-refractivity contribution in [2.24, 2.45) is 5.10 Å². The lowest BCUT2D eigenvalue weighted by Gasteiger charge is -2.35. The molecule has 0 unspecified atom stereocenters. The number of hydrogen-bond acceptors (Lipinski definition) is 8. The maximum absolute atomic E-state index is 13.3. The van der Waals surface area contributed by atoms with Gasteiger partial charge in [0.1, 0.15) is 17.9 Å². The van der Waals surface area contributed by atoms with Gasteiger partial charge in [0.05, 0.1) is 0 Å². The number of hydrogen-bond donors (Lipinski definition) is 0. The highest BCUT2D eigenvalue weighted by molar-refractivity contribution is 5.83. The lowest BCUT2D eigenvalue weighted by atomic mass is 9.89. The number of nitrogens with zero attached hydrogens (tertiary/aromatic N) is 8. The van der Waals surface area contributed by atoms with Crippen LogP contribution in [0.3, 0.4) is 0 Å². The first-order valence-corrected chi connectivity index (χ1v) is 15.2. The van der Waals surface area contributed by atoms with Gasteiger partial charge in [0.2, 0.25) is 0 Å². The van der Waals surface area contributed by atoms with Crippen molar-refractivity contribution in [1.29, 1.82) is 0 Å². The van der Waals surface area contributed by atoms with E-state index in [0.29, 0.717) is 31.0 Å². The molecule has 0 atom stereocenters. The number of aldehydes is 1. The highest BCUT2D eigenvalue weighted by Gasteiger charge is 2.40. The van der Waals surface area contributed by atoms with Crippen molar-refractivity contribution >= 4 is 17.9 Å². The predicted octanol–water partition coefficient (Wildman–Crippen LogP) is 4.18. The summed E-state index contributed by atoms with van der Waals surface area (Å²) in [5.74, 6) is 7.65. The number of likely N-dealkylation sites (tertiary alicyclic amines) is 1. The maximum atomic E-state index is 13.3. The van der Waals surface area contributed by atoms with Crippen LogP contribution in [-0.2, 0) is 17.4 Å². The van der Waals surface area contributed by atoms with Gasteiger partial charge in [-0.05, 0) is 61.6 Å². The van der Waals surface area contributed by atoms with Gasteiger partial charge in [-0.25, -0.2) is 4.98 Å². The fraction of sp³-hybridized carbons (Fsp3) is 0.469. The predicted molar refractivity (Wildman–Crippen MR) is 160 cm³/mol. The van der Waals surface area contributed by atoms with Gasteiger partial charge < -0.3 is 14.6 Å². The zero-order chi connectivity index (χ0) is 30.5. The number of fused-ring (bicyclic) bond motifs is 1. The summed E-state index contributed by atoms with van der Waals surface area (Å²) >= 11 is 0. The average Bonchev–Trinajstić information content (AvgIpc) is 3.49. The second kappa shape index (κ2) is 13.2. The first kappa shape index (κ1) is 29.8. The van der Waals surface area contributed by atoms with Gasteiger partial charge in [-0.2, -0.15) is 22.9 Å². The van der Waals surface area contributed by atoms with Crippen LogP contribution in [0.5, 0.6) is 0 Å². The molecule has 44 heavy (non-hydrogen) atoms. The quantitative estimate of drug-likeness (QED) is 0.237. The molecule has 12 heteroatoms. The monoisotopic (exact) mass is 604 g/mol. The van der Waals surface area contributed by atoms with Crippen molar-refractivity contribution in [2.75, 3.05) is 50.7 Å². The number of piperazine rings is 1. The van der Waals surface area contributed by atoms with E-state index in [1.165, 1.54) is 5.56 Å². The number of carbonyl (C=O) groups excluding carboxylic acids is 1. The molecule has 3 aromatic rings. The van der Waals surface area contributed by atoms with E-state index in [4.69, 9.17) is 0 Å². The molecular formula is C32H35F3N8O. The Morgan fingerprint density at radius 3 is 2.27 bits per heavy atom. The first-order valence-electron chi connectivity index (χ1n) is 15.2. The molecule has 0 spiro atoms. The molecule has 230 valence electrons. The Kier molecular flexibility index (Phi) is 8.93. The van der Waals surface area contributed by atoms with Crippen molar-refractivity contribution in [3.05, 3.63) is 70.9 Å². The summed E-state index contributed by atoms with van der Waals surface area (Å²) in [5.41, 5.74) is 3.04. The highest BCUT2D eigenvalue weighted by Crippen LogP contribution is 2.32. The lowest BCUT2D eigenvalue weighted by molar-refractivity contribution is -0.147. The molecule has 5 heterocycles. The van der Waals surface area contributed by atoms with Crippen molar-refractivity contribution in [3.63, 3.8) is 0 Å². The summed E-state index contributed by atoms with van der Waals surface area (Å²) in [6, 6.07) is 12.4. The molecule has 3 aliphatic rings. The van der Waals surface area contributed by atoms with E-state index >= 15 is 0 Å². The Hall–Kier alpha value is -4.24. The van der Waals surface area contributed by atoms with Crippen LogP contribution in [-0.4, -0.2) is 87.6 Å². The Morgan fingerprint density at radius 1 is 0.864 bits per heavy atom. The van der Waals surface area contributed by atoms with Crippen LogP contribution in [0.4, 0.5) is 19.0 Å². The number of alkyl halides is 3. The molecule has 3 aliphatic heterocycles. The van der Waals surface area contributed by atoms with Gasteiger partial charge in [0, 0.05) is 75.9 Å². The van der Waals surface area contributed by atoms with Crippen LogP contribution < -0.4 is 4.90 Å². The van der Waals surface area contributed by atoms with E-state index in [0.717, 1.165) is 93.0 Å². The van der Waals surface area contributed by atoms with Gasteiger partial charge in [-0.15, -0.1) is 10.2 Å². The zero-order valence-electron chi connectivity index (χ0n) is 24.5. The molecule has 0 saturated carbocycles. The van der Waals surface area contributed by atoms with E-state index in [2.05, 4.69) is 59.0 Å². The van der Waals surface area contributed by atoms with Gasteiger partial charge in [-0.3, -0.25) is 4.90 Å². The van der Waals surface area contributed by atoms with E-state index in [-0.39, 0.29) is 5.82 Å². The average molecular weight is 605 g/mol. The third-order valence-electron chi connectivity index (χ3n) is 8.58. The fourth-order valence-electron chi connectivity index (χ4n) is 6.06. The number of pyridine rings is 1. The molecule has 0 N–H and O–H groups in total. The third kappa shape index (κ3) is 6.94. The van der Waals surface area contributed by atoms with Crippen LogP contribution in [0, 0.1) is 11.8 Å². The molecule has 0 bridgehead atoms. The number of benzene rings is 1. The number of anilines is 1. The number of carbonyl (C=O) groups is 1. The van der Waals surface area contributed by atoms with E-state index in [1.807, 2.05) is 30.5 Å². The minimum absolute atomic E-state index is 0.251. The normalized spacial score (nSPS) is 17.9. The van der Waals surface area contributed by atoms with E-state index in [9.17, 15) is 18.0 Å². The summed E-state index contributed by atoms with van der Waals surface area (Å²) < 4.78 is 40.7. The molecule has 0 amide bonds. The smallest absolute Gasteiger partial charge is 0.359 e. The topological polar surface area (TPSA) is 82.8 Å². The van der Waals surface area contributed by atoms with Crippen LogP contribution >= 0.6 is 0 Å². The summed E-state index contributed by atoms with van der Waals surface area (Å²) in [6.07, 6.45) is 2.53. The molecule has 2 saturated heterocycles. The number of aryl methyl sites for hydroxylation is 1. The summed E-state index contributed by atoms with van der Waals surface area (Å²) in [6.45, 7) is 6.24. The van der Waals surface area contributed by atoms with Gasteiger partial charge in [0.15, 0.2) is 5.82 Å². The van der Waals surface area contributed by atoms with Crippen LogP contribution in [0.15, 0.2) is 47.7 Å². The van der Waals surface area contributed by atoms with Gasteiger partial charge in [-0.1, -0.05) is 24.0 Å². The number of aromatic nitrogens is 4. The second-order valence-corrected chi connectivity index (χ2v) is 11.4. The number of rotatable bonds is 6. The largest absolute Gasteiger partial charge is 0.453 e. The summed E-state index contributed by atoms with van der Waals surface area (Å²) in [7, 11) is 0. The maximum Gasteiger partial charge on any atom is 0.453 e. The third-order valence-corrected chi connectivity index (χ3v) is 8.58. The molecule has 0 radical (unpaired) electrons. The first-order chi connectivity index (χ1) is 21.4. The Bertz CT molecular complexity index is 1520. The zero-order valence-corrected chi connectivity index (χ0v) is 24.5. The van der Waals surface area contributed by atoms with Crippen molar-refractivity contribution in [2.45, 2.75) is 50.6 Å². The molecule has 6 rings (SSSR count). The van der Waals surface area contributed by atoms with E-state index in [1.54, 1.807) is 0 Å². The van der Waals surface area contributed by atoms with Crippen molar-refractivity contribution in [3.8, 4) is 11.8 Å². The van der Waals surface area contributed by atoms with Gasteiger partial charge >= 0.3 is 6.18 Å². The van der Waals surface area contributed by atoms with Crippen LogP contribution in [0.2, 0.25) is 0 Å². The molecule has 2 fully saturated rings. The molecule has 9 nitrogen and oxygen atoms in total. The van der Waals surface area contributed by atoms with Crippen LogP contribution in [0.25, 0.3) is 0 Å². The van der Waals surface area contributed by atoms with E-state index < -0.39 is 12.0 Å². The van der Waals surface area contributed by atoms with Gasteiger partial charge in [0.25, 0.3) is 5.82 Å². The molecule has 0 aliphatic carbocycles. The fourth-order valence-corrected chi connectivity index (χ4v) is 6.06. The second-order valence-electron chi connectivity index (χ2n) is 11.4.